The Hall–Kier alpha value is -2.11. The lowest BCUT2D eigenvalue weighted by molar-refractivity contribution is -0.137. The molecule has 0 atom stereocenters. The summed E-state index contributed by atoms with van der Waals surface area (Å²) in [4.78, 5) is 24.7. The molecule has 0 fully saturated rings. The second-order valence-electron chi connectivity index (χ2n) is 3.86. The minimum atomic E-state index is -0.983. The van der Waals surface area contributed by atoms with Crippen LogP contribution in [0, 0.1) is 5.82 Å². The number of anilines is 1. The number of benzene rings is 1. The molecule has 0 heterocycles. The first-order valence-electron chi connectivity index (χ1n) is 5.38. The zero-order valence-electron chi connectivity index (χ0n) is 10.3. The molecule has 0 saturated carbocycles. The van der Waals surface area contributed by atoms with Gasteiger partial charge in [-0.15, -0.1) is 0 Å². The largest absolute Gasteiger partial charge is 0.481 e. The zero-order chi connectivity index (χ0) is 13.7. The number of aliphatic carboxylic acids is 1. The van der Waals surface area contributed by atoms with E-state index < -0.39 is 17.8 Å². The lowest BCUT2D eigenvalue weighted by Gasteiger charge is -2.24. The number of carboxylic acid groups (broad SMARTS) is 1. The Labute approximate surface area is 104 Å². The maximum atomic E-state index is 13.5. The van der Waals surface area contributed by atoms with E-state index in [0.717, 1.165) is 4.90 Å². The van der Waals surface area contributed by atoms with Crippen molar-refractivity contribution < 1.29 is 19.1 Å². The zero-order valence-corrected chi connectivity index (χ0v) is 10.3. The first-order valence-corrected chi connectivity index (χ1v) is 5.38. The van der Waals surface area contributed by atoms with Gasteiger partial charge < -0.3 is 10.0 Å². The fourth-order valence-corrected chi connectivity index (χ4v) is 1.44. The summed E-state index contributed by atoms with van der Waals surface area (Å²) in [6.45, 7) is 0.0763. The number of hydrogen-bond acceptors (Lipinski definition) is 2. The number of carboxylic acids is 1. The van der Waals surface area contributed by atoms with Crippen LogP contribution in [0.4, 0.5) is 14.9 Å². The third kappa shape index (κ3) is 3.44. The molecule has 0 radical (unpaired) electrons. The SMILES string of the molecule is CN(CCC(=O)O)C(=O)N(C)c1ccccc1F. The molecule has 0 aromatic heterocycles. The van der Waals surface area contributed by atoms with E-state index in [1.54, 1.807) is 6.07 Å². The van der Waals surface area contributed by atoms with Gasteiger partial charge in [0, 0.05) is 20.6 Å². The first kappa shape index (κ1) is 14.0. The van der Waals surface area contributed by atoms with Crippen LogP contribution in [0.3, 0.4) is 0 Å². The van der Waals surface area contributed by atoms with Crippen molar-refractivity contribution in [3.63, 3.8) is 0 Å². The highest BCUT2D eigenvalue weighted by atomic mass is 19.1. The summed E-state index contributed by atoms with van der Waals surface area (Å²) in [7, 11) is 2.92. The number of carbonyl (C=O) groups excluding carboxylic acids is 1. The van der Waals surface area contributed by atoms with E-state index in [1.165, 1.54) is 37.2 Å². The number of hydrogen-bond donors (Lipinski definition) is 1. The number of para-hydroxylation sites is 1. The monoisotopic (exact) mass is 254 g/mol. The van der Waals surface area contributed by atoms with Gasteiger partial charge in [-0.3, -0.25) is 9.69 Å². The van der Waals surface area contributed by atoms with Crippen molar-refractivity contribution in [3.05, 3.63) is 30.1 Å². The van der Waals surface area contributed by atoms with E-state index in [-0.39, 0.29) is 18.7 Å². The highest BCUT2D eigenvalue weighted by Gasteiger charge is 2.18. The molecule has 1 aromatic rings. The van der Waals surface area contributed by atoms with Crippen molar-refractivity contribution in [1.82, 2.24) is 4.90 Å². The number of carbonyl (C=O) groups is 2. The molecule has 18 heavy (non-hydrogen) atoms. The summed E-state index contributed by atoms with van der Waals surface area (Å²) >= 11 is 0. The maximum absolute atomic E-state index is 13.5. The summed E-state index contributed by atoms with van der Waals surface area (Å²) in [5, 5.41) is 8.53. The third-order valence-electron chi connectivity index (χ3n) is 2.49. The number of rotatable bonds is 4. The average Bonchev–Trinajstić information content (AvgIpc) is 2.34. The maximum Gasteiger partial charge on any atom is 0.324 e. The molecule has 0 aliphatic heterocycles. The molecular formula is C12H15FN2O3. The summed E-state index contributed by atoms with van der Waals surface area (Å²) in [5.74, 6) is -1.48. The van der Waals surface area contributed by atoms with Crippen molar-refractivity contribution in [2.75, 3.05) is 25.5 Å². The van der Waals surface area contributed by atoms with Gasteiger partial charge in [0.1, 0.15) is 5.82 Å². The quantitative estimate of drug-likeness (QED) is 0.891. The van der Waals surface area contributed by atoms with Crippen molar-refractivity contribution >= 4 is 17.7 Å². The van der Waals surface area contributed by atoms with E-state index in [1.807, 2.05) is 0 Å². The van der Waals surface area contributed by atoms with Gasteiger partial charge in [0.2, 0.25) is 0 Å². The fraction of sp³-hybridized carbons (Fsp3) is 0.333. The summed E-state index contributed by atoms with van der Waals surface area (Å²) in [6, 6.07) is 5.45. The van der Waals surface area contributed by atoms with Crippen molar-refractivity contribution in [3.8, 4) is 0 Å². The molecule has 0 aliphatic carbocycles. The molecule has 2 amide bonds. The summed E-state index contributed by atoms with van der Waals surface area (Å²) in [6.07, 6.45) is -0.145. The molecule has 0 aliphatic rings. The minimum Gasteiger partial charge on any atom is -0.481 e. The van der Waals surface area contributed by atoms with Gasteiger partial charge in [0.25, 0.3) is 0 Å². The smallest absolute Gasteiger partial charge is 0.324 e. The Morgan fingerprint density at radius 3 is 2.44 bits per heavy atom. The molecule has 0 unspecified atom stereocenters. The van der Waals surface area contributed by atoms with Gasteiger partial charge in [-0.25, -0.2) is 9.18 Å². The second-order valence-corrected chi connectivity index (χ2v) is 3.86. The van der Waals surface area contributed by atoms with Crippen LogP contribution in [0.1, 0.15) is 6.42 Å². The van der Waals surface area contributed by atoms with Gasteiger partial charge in [-0.2, -0.15) is 0 Å². The molecular weight excluding hydrogens is 239 g/mol. The Balaban J connectivity index is 2.72. The predicted octanol–water partition coefficient (Wildman–Crippen LogP) is 1.79. The molecule has 1 aromatic carbocycles. The van der Waals surface area contributed by atoms with Crippen LogP contribution in [-0.4, -0.2) is 42.6 Å². The van der Waals surface area contributed by atoms with Gasteiger partial charge >= 0.3 is 12.0 Å². The number of nitrogens with zero attached hydrogens (tertiary/aromatic N) is 2. The summed E-state index contributed by atoms with van der Waals surface area (Å²) in [5.41, 5.74) is 0.157. The van der Waals surface area contributed by atoms with Crippen LogP contribution in [0.15, 0.2) is 24.3 Å². The number of halogens is 1. The molecule has 98 valence electrons. The highest BCUT2D eigenvalue weighted by Crippen LogP contribution is 2.18. The fourth-order valence-electron chi connectivity index (χ4n) is 1.44. The molecule has 5 nitrogen and oxygen atoms in total. The van der Waals surface area contributed by atoms with Gasteiger partial charge in [-0.05, 0) is 12.1 Å². The standard InChI is InChI=1S/C12H15FN2O3/c1-14(8-7-11(16)17)12(18)15(2)10-6-4-3-5-9(10)13/h3-6H,7-8H2,1-2H3,(H,16,17). The van der Waals surface area contributed by atoms with E-state index >= 15 is 0 Å². The molecule has 0 saturated heterocycles. The minimum absolute atomic E-state index is 0.0763. The summed E-state index contributed by atoms with van der Waals surface area (Å²) < 4.78 is 13.5. The Kier molecular flexibility index (Phi) is 4.65. The number of amides is 2. The van der Waals surface area contributed by atoms with Crippen LogP contribution >= 0.6 is 0 Å². The first-order chi connectivity index (χ1) is 8.43. The predicted molar refractivity (Wildman–Crippen MR) is 65.1 cm³/mol. The van der Waals surface area contributed by atoms with E-state index in [0.29, 0.717) is 0 Å². The van der Waals surface area contributed by atoms with Crippen LogP contribution in [-0.2, 0) is 4.79 Å². The lowest BCUT2D eigenvalue weighted by Crippen LogP contribution is -2.40. The van der Waals surface area contributed by atoms with E-state index in [4.69, 9.17) is 5.11 Å². The van der Waals surface area contributed by atoms with Crippen molar-refractivity contribution in [2.45, 2.75) is 6.42 Å². The molecule has 1 rings (SSSR count). The topological polar surface area (TPSA) is 60.9 Å². The number of urea groups is 1. The van der Waals surface area contributed by atoms with Crippen LogP contribution in [0.2, 0.25) is 0 Å². The molecule has 0 spiro atoms. The Bertz CT molecular complexity index is 451. The lowest BCUT2D eigenvalue weighted by atomic mass is 10.3. The normalized spacial score (nSPS) is 9.94. The van der Waals surface area contributed by atoms with E-state index in [2.05, 4.69) is 0 Å². The molecule has 1 N–H and O–H groups in total. The van der Waals surface area contributed by atoms with Crippen LogP contribution < -0.4 is 4.90 Å². The van der Waals surface area contributed by atoms with Crippen molar-refractivity contribution in [2.24, 2.45) is 0 Å². The van der Waals surface area contributed by atoms with Gasteiger partial charge in [-0.1, -0.05) is 12.1 Å². The third-order valence-corrected chi connectivity index (χ3v) is 2.49. The van der Waals surface area contributed by atoms with Crippen molar-refractivity contribution in [1.29, 1.82) is 0 Å². The Morgan fingerprint density at radius 2 is 1.89 bits per heavy atom. The second kappa shape index (κ2) is 6.00. The Morgan fingerprint density at radius 1 is 1.28 bits per heavy atom. The van der Waals surface area contributed by atoms with E-state index in [9.17, 15) is 14.0 Å². The van der Waals surface area contributed by atoms with Gasteiger partial charge in [0.05, 0.1) is 12.1 Å². The van der Waals surface area contributed by atoms with Crippen LogP contribution in [0.25, 0.3) is 0 Å². The molecule has 6 heteroatoms. The average molecular weight is 254 g/mol. The van der Waals surface area contributed by atoms with Gasteiger partial charge in [0.15, 0.2) is 0 Å². The highest BCUT2D eigenvalue weighted by molar-refractivity contribution is 5.91. The molecule has 0 bridgehead atoms. The van der Waals surface area contributed by atoms with Crippen LogP contribution in [0.5, 0.6) is 0 Å².